The Morgan fingerprint density at radius 3 is 2.50 bits per heavy atom. The van der Waals surface area contributed by atoms with Gasteiger partial charge in [-0.2, -0.15) is 0 Å². The van der Waals surface area contributed by atoms with Crippen molar-refractivity contribution in [3.8, 4) is 0 Å². The Morgan fingerprint density at radius 1 is 1.31 bits per heavy atom. The Morgan fingerprint density at radius 2 is 1.94 bits per heavy atom. The summed E-state index contributed by atoms with van der Waals surface area (Å²) in [5.74, 6) is -0.0778. The van der Waals surface area contributed by atoms with Crippen molar-refractivity contribution in [1.82, 2.24) is 5.48 Å². The van der Waals surface area contributed by atoms with Gasteiger partial charge in [0, 0.05) is 5.41 Å². The van der Waals surface area contributed by atoms with Crippen LogP contribution >= 0.6 is 0 Å². The summed E-state index contributed by atoms with van der Waals surface area (Å²) >= 11 is 0. The van der Waals surface area contributed by atoms with E-state index in [1.165, 1.54) is 0 Å². The molecule has 1 N–H and O–H groups in total. The van der Waals surface area contributed by atoms with E-state index in [-0.39, 0.29) is 11.3 Å². The lowest BCUT2D eigenvalue weighted by molar-refractivity contribution is -0.143. The third-order valence-corrected chi connectivity index (χ3v) is 2.75. The monoisotopic (exact) mass is 221 g/mol. The van der Waals surface area contributed by atoms with Crippen LogP contribution < -0.4 is 5.48 Å². The van der Waals surface area contributed by atoms with Crippen LogP contribution in [-0.4, -0.2) is 5.91 Å². The van der Waals surface area contributed by atoms with E-state index in [9.17, 15) is 4.79 Å². The molecule has 0 heterocycles. The molecule has 3 nitrogen and oxygen atoms in total. The maximum absolute atomic E-state index is 11.6. The molecule has 0 aromatic heterocycles. The van der Waals surface area contributed by atoms with Crippen LogP contribution in [0.15, 0.2) is 30.3 Å². The van der Waals surface area contributed by atoms with E-state index in [0.29, 0.717) is 6.61 Å². The molecule has 0 aliphatic heterocycles. The highest BCUT2D eigenvalue weighted by Crippen LogP contribution is 2.19. The molecule has 16 heavy (non-hydrogen) atoms. The summed E-state index contributed by atoms with van der Waals surface area (Å²) in [6.45, 7) is 6.17. The number of nitrogens with one attached hydrogen (secondary N) is 1. The molecule has 1 rings (SSSR count). The zero-order valence-electron chi connectivity index (χ0n) is 10.1. The van der Waals surface area contributed by atoms with Crippen molar-refractivity contribution in [3.05, 3.63) is 35.9 Å². The lowest BCUT2D eigenvalue weighted by atomic mass is 9.90. The van der Waals surface area contributed by atoms with E-state index >= 15 is 0 Å². The first kappa shape index (κ1) is 12.7. The first-order valence-electron chi connectivity index (χ1n) is 5.52. The third kappa shape index (κ3) is 3.66. The van der Waals surface area contributed by atoms with Crippen molar-refractivity contribution in [2.75, 3.05) is 0 Å². The van der Waals surface area contributed by atoms with E-state index in [1.54, 1.807) is 0 Å². The fourth-order valence-corrected chi connectivity index (χ4v) is 1.06. The summed E-state index contributed by atoms with van der Waals surface area (Å²) in [6.07, 6.45) is 0.785. The number of benzene rings is 1. The molecular formula is C13H19NO2. The minimum Gasteiger partial charge on any atom is -0.272 e. The van der Waals surface area contributed by atoms with Crippen LogP contribution in [0.2, 0.25) is 0 Å². The average Bonchev–Trinajstić information content (AvgIpc) is 2.30. The molecule has 0 radical (unpaired) electrons. The number of hydrogen-bond donors (Lipinski definition) is 1. The van der Waals surface area contributed by atoms with Gasteiger partial charge in [-0.3, -0.25) is 9.63 Å². The summed E-state index contributed by atoms with van der Waals surface area (Å²) < 4.78 is 0. The summed E-state index contributed by atoms with van der Waals surface area (Å²) in [7, 11) is 0. The van der Waals surface area contributed by atoms with Gasteiger partial charge in [-0.25, -0.2) is 5.48 Å². The van der Waals surface area contributed by atoms with E-state index < -0.39 is 0 Å². The topological polar surface area (TPSA) is 38.3 Å². The van der Waals surface area contributed by atoms with Crippen molar-refractivity contribution >= 4 is 5.91 Å². The fraction of sp³-hybridized carbons (Fsp3) is 0.462. The normalized spacial score (nSPS) is 11.2. The first-order valence-corrected chi connectivity index (χ1v) is 5.52. The molecule has 0 aliphatic rings. The van der Waals surface area contributed by atoms with Gasteiger partial charge >= 0.3 is 0 Å². The molecule has 0 spiro atoms. The van der Waals surface area contributed by atoms with Crippen molar-refractivity contribution < 1.29 is 9.63 Å². The lowest BCUT2D eigenvalue weighted by Crippen LogP contribution is -2.36. The largest absolute Gasteiger partial charge is 0.272 e. The predicted octanol–water partition coefficient (Wildman–Crippen LogP) is 2.67. The SMILES string of the molecule is CCC(C)(C)C(=O)NOCc1ccccc1. The van der Waals surface area contributed by atoms with Crippen LogP contribution in [0.25, 0.3) is 0 Å². The van der Waals surface area contributed by atoms with E-state index in [1.807, 2.05) is 51.1 Å². The van der Waals surface area contributed by atoms with Crippen LogP contribution in [-0.2, 0) is 16.2 Å². The molecule has 0 aliphatic carbocycles. The van der Waals surface area contributed by atoms with Crippen molar-refractivity contribution in [1.29, 1.82) is 0 Å². The zero-order chi connectivity index (χ0) is 12.0. The minimum atomic E-state index is -0.378. The van der Waals surface area contributed by atoms with E-state index in [0.717, 1.165) is 12.0 Å². The maximum Gasteiger partial charge on any atom is 0.249 e. The Kier molecular flexibility index (Phi) is 4.50. The van der Waals surface area contributed by atoms with E-state index in [4.69, 9.17) is 4.84 Å². The number of amides is 1. The van der Waals surface area contributed by atoms with Gasteiger partial charge < -0.3 is 0 Å². The van der Waals surface area contributed by atoms with Gasteiger partial charge in [0.2, 0.25) is 5.91 Å². The molecule has 0 saturated carbocycles. The molecule has 0 unspecified atom stereocenters. The van der Waals surface area contributed by atoms with Crippen molar-refractivity contribution in [2.24, 2.45) is 5.41 Å². The van der Waals surface area contributed by atoms with Crippen LogP contribution in [0.5, 0.6) is 0 Å². The second-order valence-corrected chi connectivity index (χ2v) is 4.44. The van der Waals surface area contributed by atoms with E-state index in [2.05, 4.69) is 5.48 Å². The van der Waals surface area contributed by atoms with Gasteiger partial charge in [0.05, 0.1) is 6.61 Å². The zero-order valence-corrected chi connectivity index (χ0v) is 10.1. The van der Waals surface area contributed by atoms with Crippen LogP contribution in [0.1, 0.15) is 32.8 Å². The second-order valence-electron chi connectivity index (χ2n) is 4.44. The van der Waals surface area contributed by atoms with Crippen LogP contribution in [0.4, 0.5) is 0 Å². The molecule has 0 saturated heterocycles. The molecule has 3 heteroatoms. The first-order chi connectivity index (χ1) is 7.56. The van der Waals surface area contributed by atoms with Crippen molar-refractivity contribution in [2.45, 2.75) is 33.8 Å². The minimum absolute atomic E-state index is 0.0778. The average molecular weight is 221 g/mol. The highest BCUT2D eigenvalue weighted by molar-refractivity contribution is 5.80. The summed E-state index contributed by atoms with van der Waals surface area (Å²) in [6, 6.07) is 9.74. The summed E-state index contributed by atoms with van der Waals surface area (Å²) in [5.41, 5.74) is 3.14. The predicted molar refractivity (Wildman–Crippen MR) is 63.4 cm³/mol. The van der Waals surface area contributed by atoms with Gasteiger partial charge in [0.1, 0.15) is 0 Å². The molecule has 1 aromatic carbocycles. The smallest absolute Gasteiger partial charge is 0.249 e. The molecule has 0 bridgehead atoms. The van der Waals surface area contributed by atoms with Crippen molar-refractivity contribution in [3.63, 3.8) is 0 Å². The third-order valence-electron chi connectivity index (χ3n) is 2.75. The number of rotatable bonds is 5. The van der Waals surface area contributed by atoms with Gasteiger partial charge in [0.25, 0.3) is 0 Å². The summed E-state index contributed by atoms with van der Waals surface area (Å²) in [4.78, 5) is 16.8. The van der Waals surface area contributed by atoms with Gasteiger partial charge in [-0.1, -0.05) is 51.1 Å². The van der Waals surface area contributed by atoms with Crippen LogP contribution in [0, 0.1) is 5.41 Å². The molecular weight excluding hydrogens is 202 g/mol. The maximum atomic E-state index is 11.6. The fourth-order valence-electron chi connectivity index (χ4n) is 1.06. The number of carbonyl (C=O) groups is 1. The Balaban J connectivity index is 2.34. The number of hydrogen-bond acceptors (Lipinski definition) is 2. The second kappa shape index (κ2) is 5.66. The van der Waals surface area contributed by atoms with Gasteiger partial charge in [-0.15, -0.1) is 0 Å². The van der Waals surface area contributed by atoms with Gasteiger partial charge in [0.15, 0.2) is 0 Å². The molecule has 1 amide bonds. The standard InChI is InChI=1S/C13H19NO2/c1-4-13(2,3)12(15)14-16-10-11-8-6-5-7-9-11/h5-9H,4,10H2,1-3H3,(H,14,15). The Labute approximate surface area is 96.8 Å². The Bertz CT molecular complexity index is 333. The summed E-state index contributed by atoms with van der Waals surface area (Å²) in [5, 5.41) is 0. The van der Waals surface area contributed by atoms with Crippen LogP contribution in [0.3, 0.4) is 0 Å². The van der Waals surface area contributed by atoms with Gasteiger partial charge in [-0.05, 0) is 12.0 Å². The molecule has 1 aromatic rings. The number of hydroxylamine groups is 1. The highest BCUT2D eigenvalue weighted by atomic mass is 16.6. The molecule has 0 atom stereocenters. The quantitative estimate of drug-likeness (QED) is 0.776. The lowest BCUT2D eigenvalue weighted by Gasteiger charge is -2.20. The number of carbonyl (C=O) groups excluding carboxylic acids is 1. The highest BCUT2D eigenvalue weighted by Gasteiger charge is 2.25. The Hall–Kier alpha value is -1.35. The molecule has 0 fully saturated rings. The molecule has 88 valence electrons.